The minimum absolute atomic E-state index is 0.0288. The van der Waals surface area contributed by atoms with Crippen molar-refractivity contribution >= 4 is 11.6 Å². The fraction of sp³-hybridized carbons (Fsp3) is 0.462. The highest BCUT2D eigenvalue weighted by Gasteiger charge is 2.31. The van der Waals surface area contributed by atoms with Crippen LogP contribution >= 0.6 is 0 Å². The molecule has 108 valence electrons. The zero-order chi connectivity index (χ0) is 14.9. The smallest absolute Gasteiger partial charge is 0.310 e. The standard InChI is InChI=1S/C13H17N3O4/c1-8-6-15(7-10(8)14)13(17)9-3-4-11(16(18)19)12(5-9)20-2/h3-5,8,10H,6-7,14H2,1-2H3. The number of nitrogens with zero attached hydrogens (tertiary/aromatic N) is 2. The average molecular weight is 279 g/mol. The lowest BCUT2D eigenvalue weighted by molar-refractivity contribution is -0.385. The highest BCUT2D eigenvalue weighted by Crippen LogP contribution is 2.28. The molecule has 0 radical (unpaired) electrons. The number of hydrogen-bond acceptors (Lipinski definition) is 5. The molecule has 1 aromatic rings. The van der Waals surface area contributed by atoms with Gasteiger partial charge in [-0.1, -0.05) is 6.92 Å². The van der Waals surface area contributed by atoms with Crippen LogP contribution < -0.4 is 10.5 Å². The van der Waals surface area contributed by atoms with E-state index in [1.165, 1.54) is 25.3 Å². The number of nitro benzene ring substituents is 1. The number of benzene rings is 1. The van der Waals surface area contributed by atoms with E-state index < -0.39 is 4.92 Å². The highest BCUT2D eigenvalue weighted by molar-refractivity contribution is 5.95. The Labute approximate surface area is 116 Å². The van der Waals surface area contributed by atoms with Crippen LogP contribution in [0.25, 0.3) is 0 Å². The summed E-state index contributed by atoms with van der Waals surface area (Å²) in [5.41, 5.74) is 6.11. The number of likely N-dealkylation sites (tertiary alicyclic amines) is 1. The van der Waals surface area contributed by atoms with E-state index in [0.29, 0.717) is 18.7 Å². The second kappa shape index (κ2) is 5.46. The third-order valence-corrected chi connectivity index (χ3v) is 3.58. The highest BCUT2D eigenvalue weighted by atomic mass is 16.6. The molecule has 1 fully saturated rings. The van der Waals surface area contributed by atoms with E-state index in [9.17, 15) is 14.9 Å². The quantitative estimate of drug-likeness (QED) is 0.658. The third-order valence-electron chi connectivity index (χ3n) is 3.58. The van der Waals surface area contributed by atoms with Crippen molar-refractivity contribution in [3.05, 3.63) is 33.9 Å². The van der Waals surface area contributed by atoms with Gasteiger partial charge in [-0.25, -0.2) is 0 Å². The van der Waals surface area contributed by atoms with Crippen molar-refractivity contribution in [1.29, 1.82) is 0 Å². The number of ether oxygens (including phenoxy) is 1. The molecule has 0 bridgehead atoms. The van der Waals surface area contributed by atoms with Crippen molar-refractivity contribution in [3.63, 3.8) is 0 Å². The number of rotatable bonds is 3. The predicted octanol–water partition coefficient (Wildman–Crippen LogP) is 1.02. The number of hydrogen-bond donors (Lipinski definition) is 1. The van der Waals surface area contributed by atoms with E-state index >= 15 is 0 Å². The average Bonchev–Trinajstić information content (AvgIpc) is 2.77. The Bertz CT molecular complexity index is 536. The molecule has 1 aliphatic rings. The molecule has 1 aromatic carbocycles. The summed E-state index contributed by atoms with van der Waals surface area (Å²) in [6, 6.07) is 4.09. The molecule has 0 spiro atoms. The number of carbonyl (C=O) groups is 1. The monoisotopic (exact) mass is 279 g/mol. The van der Waals surface area contributed by atoms with Crippen LogP contribution in [0.5, 0.6) is 5.75 Å². The Morgan fingerprint density at radius 1 is 1.50 bits per heavy atom. The molecule has 2 atom stereocenters. The number of amides is 1. The molecule has 1 aliphatic heterocycles. The molecule has 1 saturated heterocycles. The summed E-state index contributed by atoms with van der Waals surface area (Å²) < 4.78 is 4.97. The minimum Gasteiger partial charge on any atom is -0.490 e. The first-order chi connectivity index (χ1) is 9.43. The number of methoxy groups -OCH3 is 1. The zero-order valence-corrected chi connectivity index (χ0v) is 11.4. The molecule has 1 amide bonds. The molecule has 2 unspecified atom stereocenters. The second-order valence-electron chi connectivity index (χ2n) is 5.00. The lowest BCUT2D eigenvalue weighted by Crippen LogP contribution is -2.32. The first kappa shape index (κ1) is 14.3. The maximum absolute atomic E-state index is 12.3. The summed E-state index contributed by atoms with van der Waals surface area (Å²) in [7, 11) is 1.34. The van der Waals surface area contributed by atoms with Crippen molar-refractivity contribution in [2.75, 3.05) is 20.2 Å². The second-order valence-corrected chi connectivity index (χ2v) is 5.00. The number of carbonyl (C=O) groups excluding carboxylic acids is 1. The zero-order valence-electron chi connectivity index (χ0n) is 11.4. The van der Waals surface area contributed by atoms with Crippen molar-refractivity contribution in [2.24, 2.45) is 11.7 Å². The maximum Gasteiger partial charge on any atom is 0.310 e. The van der Waals surface area contributed by atoms with Gasteiger partial charge in [0.15, 0.2) is 5.75 Å². The van der Waals surface area contributed by atoms with E-state index in [1.807, 2.05) is 6.92 Å². The first-order valence-electron chi connectivity index (χ1n) is 6.31. The predicted molar refractivity (Wildman–Crippen MR) is 72.7 cm³/mol. The van der Waals surface area contributed by atoms with Gasteiger partial charge < -0.3 is 15.4 Å². The Morgan fingerprint density at radius 3 is 2.70 bits per heavy atom. The van der Waals surface area contributed by atoms with Crippen molar-refractivity contribution < 1.29 is 14.5 Å². The number of nitro groups is 1. The van der Waals surface area contributed by atoms with Gasteiger partial charge in [0.2, 0.25) is 0 Å². The van der Waals surface area contributed by atoms with Crippen LogP contribution in [0.3, 0.4) is 0 Å². The van der Waals surface area contributed by atoms with Crippen LogP contribution in [-0.4, -0.2) is 42.0 Å². The fourth-order valence-electron chi connectivity index (χ4n) is 2.30. The molecule has 1 heterocycles. The lowest BCUT2D eigenvalue weighted by Gasteiger charge is -2.16. The largest absolute Gasteiger partial charge is 0.490 e. The Balaban J connectivity index is 2.25. The van der Waals surface area contributed by atoms with Crippen LogP contribution in [-0.2, 0) is 0 Å². The molecular formula is C13H17N3O4. The molecule has 0 saturated carbocycles. The van der Waals surface area contributed by atoms with E-state index in [0.717, 1.165) is 0 Å². The van der Waals surface area contributed by atoms with Gasteiger partial charge in [-0.3, -0.25) is 14.9 Å². The van der Waals surface area contributed by atoms with E-state index in [2.05, 4.69) is 0 Å². The maximum atomic E-state index is 12.3. The van der Waals surface area contributed by atoms with Gasteiger partial charge in [0.25, 0.3) is 5.91 Å². The molecule has 7 heteroatoms. The van der Waals surface area contributed by atoms with Gasteiger partial charge in [-0.15, -0.1) is 0 Å². The van der Waals surface area contributed by atoms with E-state index in [1.54, 1.807) is 4.90 Å². The Hall–Kier alpha value is -2.15. The van der Waals surface area contributed by atoms with Crippen molar-refractivity contribution in [2.45, 2.75) is 13.0 Å². The topological polar surface area (TPSA) is 98.7 Å². The van der Waals surface area contributed by atoms with Crippen LogP contribution in [0.2, 0.25) is 0 Å². The molecule has 20 heavy (non-hydrogen) atoms. The van der Waals surface area contributed by atoms with Crippen molar-refractivity contribution in [3.8, 4) is 5.75 Å². The molecule has 2 N–H and O–H groups in total. The first-order valence-corrected chi connectivity index (χ1v) is 6.31. The summed E-state index contributed by atoms with van der Waals surface area (Å²) in [6.07, 6.45) is 0. The minimum atomic E-state index is -0.541. The van der Waals surface area contributed by atoms with E-state index in [-0.39, 0.29) is 29.3 Å². The van der Waals surface area contributed by atoms with Crippen LogP contribution in [0, 0.1) is 16.0 Å². The Morgan fingerprint density at radius 2 is 2.20 bits per heavy atom. The summed E-state index contributed by atoms with van der Waals surface area (Å²) in [6.45, 7) is 3.09. The summed E-state index contributed by atoms with van der Waals surface area (Å²) in [4.78, 5) is 24.3. The van der Waals surface area contributed by atoms with Gasteiger partial charge in [0, 0.05) is 36.8 Å². The normalized spacial score (nSPS) is 21.9. The van der Waals surface area contributed by atoms with Crippen LogP contribution in [0.1, 0.15) is 17.3 Å². The van der Waals surface area contributed by atoms with Crippen LogP contribution in [0.4, 0.5) is 5.69 Å². The van der Waals surface area contributed by atoms with E-state index in [4.69, 9.17) is 10.5 Å². The van der Waals surface area contributed by atoms with Gasteiger partial charge >= 0.3 is 5.69 Å². The Kier molecular flexibility index (Phi) is 3.89. The molecule has 0 aliphatic carbocycles. The molecule has 0 aromatic heterocycles. The summed E-state index contributed by atoms with van der Waals surface area (Å²) in [5.74, 6) is 0.147. The lowest BCUT2D eigenvalue weighted by atomic mass is 10.1. The van der Waals surface area contributed by atoms with Gasteiger partial charge in [0.05, 0.1) is 12.0 Å². The third kappa shape index (κ3) is 2.57. The van der Waals surface area contributed by atoms with Gasteiger partial charge in [0.1, 0.15) is 0 Å². The summed E-state index contributed by atoms with van der Waals surface area (Å²) >= 11 is 0. The molecule has 2 rings (SSSR count). The van der Waals surface area contributed by atoms with Gasteiger partial charge in [-0.2, -0.15) is 0 Å². The van der Waals surface area contributed by atoms with Crippen LogP contribution in [0.15, 0.2) is 18.2 Å². The SMILES string of the molecule is COc1cc(C(=O)N2CC(C)C(N)C2)ccc1[N+](=O)[O-]. The summed E-state index contributed by atoms with van der Waals surface area (Å²) in [5, 5.41) is 10.8. The van der Waals surface area contributed by atoms with Crippen molar-refractivity contribution in [1.82, 2.24) is 4.90 Å². The number of nitrogens with two attached hydrogens (primary N) is 1. The fourth-order valence-corrected chi connectivity index (χ4v) is 2.30. The molecular weight excluding hydrogens is 262 g/mol. The molecule has 7 nitrogen and oxygen atoms in total. The van der Waals surface area contributed by atoms with Gasteiger partial charge in [-0.05, 0) is 12.0 Å².